The number of nitro benzene ring substituents is 1. The summed E-state index contributed by atoms with van der Waals surface area (Å²) in [5.41, 5.74) is 3.16. The van der Waals surface area contributed by atoms with Gasteiger partial charge in [-0.2, -0.15) is 4.57 Å². The molecule has 5 heteroatoms. The van der Waals surface area contributed by atoms with Gasteiger partial charge in [0.15, 0.2) is 0 Å². The first-order valence-electron chi connectivity index (χ1n) is 7.53. The number of aryl methyl sites for hydroxylation is 1. The molecule has 2 aromatic carbocycles. The third-order valence-corrected chi connectivity index (χ3v) is 3.82. The monoisotopic (exact) mass is 432 g/mol. The van der Waals surface area contributed by atoms with E-state index in [-0.39, 0.29) is 34.6 Å². The van der Waals surface area contributed by atoms with Crippen molar-refractivity contribution < 1.29 is 33.5 Å². The molecule has 1 heterocycles. The molecule has 0 aliphatic carbocycles. The highest BCUT2D eigenvalue weighted by atomic mass is 127. The maximum atomic E-state index is 10.9. The zero-order valence-corrected chi connectivity index (χ0v) is 15.4. The Bertz CT molecular complexity index is 907. The summed E-state index contributed by atoms with van der Waals surface area (Å²) in [4.78, 5) is 10.5. The Balaban J connectivity index is 0.00000208. The van der Waals surface area contributed by atoms with E-state index < -0.39 is 0 Å². The topological polar surface area (TPSA) is 47.0 Å². The van der Waals surface area contributed by atoms with E-state index in [2.05, 4.69) is 35.8 Å². The molecule has 24 heavy (non-hydrogen) atoms. The minimum absolute atomic E-state index is 0. The van der Waals surface area contributed by atoms with Gasteiger partial charge in [-0.3, -0.25) is 10.1 Å². The third kappa shape index (κ3) is 3.79. The lowest BCUT2D eigenvalue weighted by atomic mass is 10.1. The van der Waals surface area contributed by atoms with Crippen LogP contribution in [0.25, 0.3) is 23.1 Å². The predicted octanol–water partition coefficient (Wildman–Crippen LogP) is 1.23. The molecule has 3 aromatic rings. The Morgan fingerprint density at radius 1 is 1.04 bits per heavy atom. The van der Waals surface area contributed by atoms with E-state index in [0.717, 1.165) is 17.8 Å². The quantitative estimate of drug-likeness (QED) is 0.270. The Hall–Kier alpha value is -2.28. The fourth-order valence-electron chi connectivity index (χ4n) is 2.70. The number of non-ortho nitro benzene ring substituents is 1. The van der Waals surface area contributed by atoms with Crippen LogP contribution in [0.3, 0.4) is 0 Å². The number of benzene rings is 2. The Labute approximate surface area is 157 Å². The normalized spacial score (nSPS) is 10.7. The van der Waals surface area contributed by atoms with E-state index in [1.165, 1.54) is 17.0 Å². The Morgan fingerprint density at radius 3 is 2.58 bits per heavy atom. The second-order valence-corrected chi connectivity index (χ2v) is 5.25. The van der Waals surface area contributed by atoms with Crippen molar-refractivity contribution in [3.8, 4) is 0 Å². The van der Waals surface area contributed by atoms with Gasteiger partial charge in [0.25, 0.3) is 5.69 Å². The van der Waals surface area contributed by atoms with Gasteiger partial charge in [-0.1, -0.05) is 24.3 Å². The van der Waals surface area contributed by atoms with E-state index in [4.69, 9.17) is 0 Å². The zero-order chi connectivity index (χ0) is 16.2. The molecule has 0 saturated heterocycles. The molecule has 4 nitrogen and oxygen atoms in total. The average Bonchev–Trinajstić information content (AvgIpc) is 2.59. The first kappa shape index (κ1) is 18.1. The van der Waals surface area contributed by atoms with Crippen LogP contribution in [-0.2, 0) is 6.54 Å². The summed E-state index contributed by atoms with van der Waals surface area (Å²) in [5, 5.41) is 12.0. The molecule has 0 saturated carbocycles. The highest BCUT2D eigenvalue weighted by Gasteiger charge is 2.11. The highest BCUT2D eigenvalue weighted by molar-refractivity contribution is 5.77. The van der Waals surface area contributed by atoms with Crippen molar-refractivity contribution in [2.24, 2.45) is 0 Å². The summed E-state index contributed by atoms with van der Waals surface area (Å²) < 4.78 is 2.23. The first-order valence-corrected chi connectivity index (χ1v) is 7.53. The number of pyridine rings is 1. The molecular weight excluding hydrogens is 415 g/mol. The summed E-state index contributed by atoms with van der Waals surface area (Å²) in [6, 6.07) is 19.1. The number of nitro groups is 1. The number of nitrogens with zero attached hydrogens (tertiary/aromatic N) is 2. The molecule has 0 aliphatic rings. The maximum Gasteiger partial charge on any atom is 0.270 e. The maximum absolute atomic E-state index is 10.9. The average molecular weight is 432 g/mol. The zero-order valence-electron chi connectivity index (χ0n) is 13.2. The van der Waals surface area contributed by atoms with Gasteiger partial charge in [-0.05, 0) is 30.7 Å². The van der Waals surface area contributed by atoms with Crippen LogP contribution < -0.4 is 28.5 Å². The van der Waals surface area contributed by atoms with Crippen LogP contribution in [0.5, 0.6) is 0 Å². The molecule has 0 unspecified atom stereocenters. The van der Waals surface area contributed by atoms with Crippen LogP contribution in [0.4, 0.5) is 5.69 Å². The van der Waals surface area contributed by atoms with Crippen LogP contribution in [-0.4, -0.2) is 4.92 Å². The number of hydrogen-bond acceptors (Lipinski definition) is 2. The van der Waals surface area contributed by atoms with Crippen LogP contribution in [0.15, 0.2) is 60.7 Å². The predicted molar refractivity (Wildman–Crippen MR) is 91.8 cm³/mol. The van der Waals surface area contributed by atoms with Crippen LogP contribution in [0, 0.1) is 10.1 Å². The van der Waals surface area contributed by atoms with Crippen LogP contribution in [0.1, 0.15) is 18.2 Å². The molecule has 0 radical (unpaired) electrons. The summed E-state index contributed by atoms with van der Waals surface area (Å²) in [5.74, 6) is 0. The van der Waals surface area contributed by atoms with Gasteiger partial charge >= 0.3 is 0 Å². The Morgan fingerprint density at radius 2 is 1.83 bits per heavy atom. The summed E-state index contributed by atoms with van der Waals surface area (Å²) in [6.45, 7) is 2.97. The molecule has 3 rings (SSSR count). The fraction of sp³-hybridized carbons (Fsp3) is 0.105. The SMILES string of the molecule is CC[n+]1c(/C=C/c2cccc([N+](=O)[O-])c2)ccc2ccccc21.[I-]. The lowest BCUT2D eigenvalue weighted by Crippen LogP contribution is -3.00. The summed E-state index contributed by atoms with van der Waals surface area (Å²) in [6.07, 6.45) is 3.90. The third-order valence-electron chi connectivity index (χ3n) is 3.82. The molecule has 0 atom stereocenters. The molecule has 0 bridgehead atoms. The summed E-state index contributed by atoms with van der Waals surface area (Å²) in [7, 11) is 0. The second-order valence-electron chi connectivity index (χ2n) is 5.25. The van der Waals surface area contributed by atoms with Crippen molar-refractivity contribution in [3.63, 3.8) is 0 Å². The lowest BCUT2D eigenvalue weighted by Gasteiger charge is -2.02. The molecule has 0 amide bonds. The van der Waals surface area contributed by atoms with Crippen molar-refractivity contribution in [2.45, 2.75) is 13.5 Å². The Kier molecular flexibility index (Phi) is 6.03. The molecule has 1 aromatic heterocycles. The van der Waals surface area contributed by atoms with E-state index >= 15 is 0 Å². The number of fused-ring (bicyclic) bond motifs is 1. The lowest BCUT2D eigenvalue weighted by molar-refractivity contribution is -0.669. The molecule has 0 N–H and O–H groups in total. The number of para-hydroxylation sites is 1. The van der Waals surface area contributed by atoms with Gasteiger partial charge in [0.2, 0.25) is 11.2 Å². The van der Waals surface area contributed by atoms with Crippen molar-refractivity contribution in [3.05, 3.63) is 82.0 Å². The minimum Gasteiger partial charge on any atom is -1.00 e. The van der Waals surface area contributed by atoms with Gasteiger partial charge in [0.05, 0.1) is 4.92 Å². The van der Waals surface area contributed by atoms with E-state index in [1.54, 1.807) is 12.1 Å². The first-order chi connectivity index (χ1) is 11.2. The van der Waals surface area contributed by atoms with Crippen LogP contribution in [0.2, 0.25) is 0 Å². The van der Waals surface area contributed by atoms with Crippen molar-refractivity contribution >= 4 is 28.7 Å². The largest absolute Gasteiger partial charge is 1.00 e. The van der Waals surface area contributed by atoms with E-state index in [0.29, 0.717) is 0 Å². The van der Waals surface area contributed by atoms with Gasteiger partial charge in [0, 0.05) is 35.7 Å². The molecule has 0 spiro atoms. The van der Waals surface area contributed by atoms with Crippen molar-refractivity contribution in [1.29, 1.82) is 0 Å². The van der Waals surface area contributed by atoms with Gasteiger partial charge < -0.3 is 24.0 Å². The van der Waals surface area contributed by atoms with Gasteiger partial charge in [0.1, 0.15) is 6.54 Å². The van der Waals surface area contributed by atoms with Gasteiger partial charge in [-0.15, -0.1) is 0 Å². The number of aromatic nitrogens is 1. The molecular formula is C19H17IN2O2. The minimum atomic E-state index is -0.375. The fourth-order valence-corrected chi connectivity index (χ4v) is 2.70. The highest BCUT2D eigenvalue weighted by Crippen LogP contribution is 2.16. The summed E-state index contributed by atoms with van der Waals surface area (Å²) >= 11 is 0. The second kappa shape index (κ2) is 8.01. The van der Waals surface area contributed by atoms with E-state index in [9.17, 15) is 10.1 Å². The molecule has 0 aliphatic heterocycles. The number of hydrogen-bond donors (Lipinski definition) is 0. The van der Waals surface area contributed by atoms with Crippen LogP contribution >= 0.6 is 0 Å². The van der Waals surface area contributed by atoms with Crippen molar-refractivity contribution in [2.75, 3.05) is 0 Å². The number of halogens is 1. The molecule has 0 fully saturated rings. The smallest absolute Gasteiger partial charge is 0.270 e. The standard InChI is InChI=1S/C19H17N2O2.HI/c1-2-20-17(13-11-16-7-3-4-9-19(16)20)12-10-15-6-5-8-18(14-15)21(22)23;/h3-14H,2H2,1H3;1H/q+1;/p-1/b12-10+;. The van der Waals surface area contributed by atoms with Crippen molar-refractivity contribution in [1.82, 2.24) is 0 Å². The molecule has 122 valence electrons. The number of rotatable bonds is 4. The van der Waals surface area contributed by atoms with E-state index in [1.807, 2.05) is 30.4 Å². The van der Waals surface area contributed by atoms with Gasteiger partial charge in [-0.25, -0.2) is 0 Å².